The highest BCUT2D eigenvalue weighted by Gasteiger charge is 2.48. The molecule has 1 aromatic heterocycles. The molecule has 0 saturated carbocycles. The van der Waals surface area contributed by atoms with Gasteiger partial charge in [0, 0.05) is 30.1 Å². The maximum absolute atomic E-state index is 12.0. The summed E-state index contributed by atoms with van der Waals surface area (Å²) in [6.07, 6.45) is -4.47. The number of aliphatic hydroxyl groups excluding tert-OH is 2. The number of non-ortho nitro benzene ring substituents is 1. The van der Waals surface area contributed by atoms with E-state index in [1.807, 2.05) is 4.98 Å². The van der Waals surface area contributed by atoms with Crippen LogP contribution >= 0.6 is 6.72 Å². The molecule has 5 atom stereocenters. The van der Waals surface area contributed by atoms with Crippen LogP contribution in [-0.4, -0.2) is 54.5 Å². The van der Waals surface area contributed by atoms with Gasteiger partial charge in [0.2, 0.25) is 0 Å². The van der Waals surface area contributed by atoms with Crippen LogP contribution in [0.15, 0.2) is 46.1 Å². The molecule has 0 radical (unpaired) electrons. The number of aromatic nitrogens is 2. The molecule has 30 heavy (non-hydrogen) atoms. The predicted molar refractivity (Wildman–Crippen MR) is 103 cm³/mol. The Hall–Kier alpha value is -2.45. The lowest BCUT2D eigenvalue weighted by Crippen LogP contribution is -2.38. The van der Waals surface area contributed by atoms with E-state index in [2.05, 4.69) is 0 Å². The van der Waals surface area contributed by atoms with E-state index in [1.54, 1.807) is 0 Å². The zero-order valence-electron chi connectivity index (χ0n) is 14.9. The number of rotatable bonds is 7. The molecule has 0 spiro atoms. The molecule has 162 valence electrons. The number of benzene rings is 1. The summed E-state index contributed by atoms with van der Waals surface area (Å²) in [5, 5.41) is 30.9. The highest BCUT2D eigenvalue weighted by Crippen LogP contribution is 2.49. The topological polar surface area (TPSA) is 186 Å². The molecule has 13 nitrogen and oxygen atoms in total. The van der Waals surface area contributed by atoms with Crippen molar-refractivity contribution in [2.45, 2.75) is 24.5 Å². The highest BCUT2D eigenvalue weighted by molar-refractivity contribution is 8.07. The minimum absolute atomic E-state index is 0.141. The molecule has 0 bridgehead atoms. The minimum Gasteiger partial charge on any atom is -0.424 e. The summed E-state index contributed by atoms with van der Waals surface area (Å²) in [5.74, 6) is -0.141. The monoisotopic (exact) mass is 461 g/mol. The fraction of sp³-hybridized carbons (Fsp3) is 0.333. The van der Waals surface area contributed by atoms with Gasteiger partial charge in [-0.05, 0) is 6.07 Å². The van der Waals surface area contributed by atoms with Gasteiger partial charge in [-0.25, -0.2) is 4.79 Å². The Kier molecular flexibility index (Phi) is 6.47. The fourth-order valence-electron chi connectivity index (χ4n) is 2.82. The Morgan fingerprint density at radius 3 is 2.73 bits per heavy atom. The number of hydrogen-bond donors (Lipinski definition) is 4. The zero-order chi connectivity index (χ0) is 22.1. The van der Waals surface area contributed by atoms with Crippen LogP contribution < -0.4 is 15.8 Å². The van der Waals surface area contributed by atoms with E-state index in [1.165, 1.54) is 18.2 Å². The molecular weight excluding hydrogens is 445 g/mol. The number of nitrogens with one attached hydrogen (secondary N) is 1. The van der Waals surface area contributed by atoms with Crippen molar-refractivity contribution < 1.29 is 33.8 Å². The first-order valence-electron chi connectivity index (χ1n) is 8.32. The van der Waals surface area contributed by atoms with Crippen LogP contribution in [0, 0.1) is 10.1 Å². The highest BCUT2D eigenvalue weighted by atomic mass is 32.5. The number of H-pyrrole nitrogens is 1. The van der Waals surface area contributed by atoms with Gasteiger partial charge < -0.3 is 24.4 Å². The number of nitro benzene ring substituents is 1. The normalized spacial score (nSPS) is 25.6. The lowest BCUT2D eigenvalue weighted by atomic mass is 10.1. The van der Waals surface area contributed by atoms with Gasteiger partial charge in [0.05, 0.1) is 17.6 Å². The van der Waals surface area contributed by atoms with Crippen molar-refractivity contribution in [1.29, 1.82) is 0 Å². The smallest absolute Gasteiger partial charge is 0.378 e. The molecular formula is C15H16N3O10PS. The molecule has 4 N–H and O–H groups in total. The Bertz CT molecular complexity index is 1100. The molecule has 1 saturated heterocycles. The third kappa shape index (κ3) is 4.82. The van der Waals surface area contributed by atoms with Gasteiger partial charge in [-0.15, -0.1) is 0 Å². The summed E-state index contributed by atoms with van der Waals surface area (Å²) in [6.45, 7) is -4.79. The first kappa shape index (κ1) is 22.2. The molecule has 0 amide bonds. The Morgan fingerprint density at radius 2 is 2.10 bits per heavy atom. The van der Waals surface area contributed by atoms with E-state index < -0.39 is 54.0 Å². The molecule has 2 heterocycles. The Morgan fingerprint density at radius 1 is 1.37 bits per heavy atom. The van der Waals surface area contributed by atoms with Crippen LogP contribution in [-0.2, 0) is 21.1 Å². The van der Waals surface area contributed by atoms with E-state index in [0.29, 0.717) is 0 Å². The van der Waals surface area contributed by atoms with Crippen molar-refractivity contribution in [3.63, 3.8) is 0 Å². The molecule has 1 aliphatic heterocycles. The van der Waals surface area contributed by atoms with E-state index in [-0.39, 0.29) is 11.4 Å². The maximum Gasteiger partial charge on any atom is 0.378 e. The number of aliphatic hydroxyl groups is 2. The van der Waals surface area contributed by atoms with Gasteiger partial charge in [0.25, 0.3) is 11.2 Å². The molecule has 0 aliphatic carbocycles. The fourth-order valence-corrected chi connectivity index (χ4v) is 4.36. The number of aromatic amines is 1. The standard InChI is InChI=1S/C15H16N3O10PS/c19-7-10-13(12(21)14(26-10)17-5-4-11(20)16-15(17)22)28-29(25,30)27-9-3-1-2-8(6-9)18(23)24/h1-6,10,12-14,19,21H,7H2,(H,25,30)(H,16,20,22)/t10-,12-,13-,14-,29?/m1/s1. The summed E-state index contributed by atoms with van der Waals surface area (Å²) in [6, 6.07) is 5.88. The second-order valence-corrected chi connectivity index (χ2v) is 8.85. The first-order valence-corrected chi connectivity index (χ1v) is 10.9. The van der Waals surface area contributed by atoms with Gasteiger partial charge >= 0.3 is 12.4 Å². The lowest BCUT2D eigenvalue weighted by Gasteiger charge is -2.24. The van der Waals surface area contributed by atoms with Gasteiger partial charge in [-0.1, -0.05) is 6.07 Å². The second kappa shape index (κ2) is 8.73. The Balaban J connectivity index is 1.81. The molecule has 2 aromatic rings. The summed E-state index contributed by atoms with van der Waals surface area (Å²) in [5.41, 5.74) is -1.84. The van der Waals surface area contributed by atoms with E-state index in [4.69, 9.17) is 25.6 Å². The number of nitrogens with zero attached hydrogens (tertiary/aromatic N) is 2. The molecule has 1 fully saturated rings. The molecule has 1 aliphatic rings. The number of hydrogen-bond acceptors (Lipinski definition) is 10. The van der Waals surface area contributed by atoms with Gasteiger partial charge in [-0.2, -0.15) is 0 Å². The zero-order valence-corrected chi connectivity index (χ0v) is 16.6. The SMILES string of the molecule is O=c1ccn([C@@H]2O[C@H](CO)[C@@H](OP(O)(=S)Oc3cccc([N+](=O)[O-])c3)[C@H]2O)c(=O)[nH]1. The third-order valence-corrected chi connectivity index (χ3v) is 5.55. The van der Waals surface area contributed by atoms with Crippen LogP contribution in [0.25, 0.3) is 0 Å². The summed E-state index contributed by atoms with van der Waals surface area (Å²) in [4.78, 5) is 45.7. The van der Waals surface area contributed by atoms with Crippen LogP contribution in [0.5, 0.6) is 5.75 Å². The molecule has 3 rings (SSSR count). The van der Waals surface area contributed by atoms with Crippen molar-refractivity contribution in [3.8, 4) is 5.75 Å². The van der Waals surface area contributed by atoms with Gasteiger partial charge in [0.1, 0.15) is 24.1 Å². The van der Waals surface area contributed by atoms with Gasteiger partial charge in [-0.3, -0.25) is 29.0 Å². The van der Waals surface area contributed by atoms with Crippen molar-refractivity contribution >= 4 is 24.2 Å². The lowest BCUT2D eigenvalue weighted by molar-refractivity contribution is -0.384. The van der Waals surface area contributed by atoms with Crippen molar-refractivity contribution in [2.24, 2.45) is 0 Å². The molecule has 15 heteroatoms. The second-order valence-electron chi connectivity index (χ2n) is 6.14. The molecule has 1 unspecified atom stereocenters. The van der Waals surface area contributed by atoms with Crippen molar-refractivity contribution in [3.05, 3.63) is 67.5 Å². The van der Waals surface area contributed by atoms with E-state index >= 15 is 0 Å². The summed E-state index contributed by atoms with van der Waals surface area (Å²) < 4.78 is 16.8. The van der Waals surface area contributed by atoms with Crippen molar-refractivity contribution in [1.82, 2.24) is 9.55 Å². The van der Waals surface area contributed by atoms with Crippen LogP contribution in [0.2, 0.25) is 0 Å². The Labute approximate surface area is 172 Å². The first-order chi connectivity index (χ1) is 14.1. The average molecular weight is 461 g/mol. The largest absolute Gasteiger partial charge is 0.424 e. The van der Waals surface area contributed by atoms with Crippen LogP contribution in [0.4, 0.5) is 5.69 Å². The van der Waals surface area contributed by atoms with E-state index in [0.717, 1.165) is 22.9 Å². The average Bonchev–Trinajstić information content (AvgIpc) is 2.97. The van der Waals surface area contributed by atoms with Crippen LogP contribution in [0.3, 0.4) is 0 Å². The van der Waals surface area contributed by atoms with Crippen LogP contribution in [0.1, 0.15) is 6.23 Å². The predicted octanol–water partition coefficient (Wildman–Crippen LogP) is -0.624. The maximum atomic E-state index is 12.0. The molecule has 1 aromatic carbocycles. The minimum atomic E-state index is -4.12. The summed E-state index contributed by atoms with van der Waals surface area (Å²) in [7, 11) is 0. The van der Waals surface area contributed by atoms with E-state index in [9.17, 15) is 34.8 Å². The number of nitro groups is 1. The summed E-state index contributed by atoms with van der Waals surface area (Å²) >= 11 is 4.91. The van der Waals surface area contributed by atoms with Gasteiger partial charge in [0.15, 0.2) is 6.23 Å². The van der Waals surface area contributed by atoms with Crippen molar-refractivity contribution in [2.75, 3.05) is 6.61 Å². The third-order valence-electron chi connectivity index (χ3n) is 4.12. The quantitative estimate of drug-likeness (QED) is 0.234. The number of ether oxygens (including phenoxy) is 1.